The standard InChI is InChI=1S/C10H8F2O/c1-3-10(13)7-4-8(11)6(2)9(12)5-7/h3-5H,1H2,2H3. The number of hydrogen-bond donors (Lipinski definition) is 0. The van der Waals surface area contributed by atoms with Crippen molar-refractivity contribution >= 4 is 5.78 Å². The van der Waals surface area contributed by atoms with Gasteiger partial charge in [-0.05, 0) is 25.1 Å². The van der Waals surface area contributed by atoms with Crippen LogP contribution in [0.4, 0.5) is 8.78 Å². The van der Waals surface area contributed by atoms with Crippen LogP contribution in [0, 0.1) is 18.6 Å². The second-order valence-electron chi connectivity index (χ2n) is 2.63. The normalized spacial score (nSPS) is 9.77. The van der Waals surface area contributed by atoms with Crippen LogP contribution in [0.3, 0.4) is 0 Å². The van der Waals surface area contributed by atoms with E-state index in [1.807, 2.05) is 0 Å². The summed E-state index contributed by atoms with van der Waals surface area (Å²) in [6.07, 6.45) is 1.02. The van der Waals surface area contributed by atoms with Gasteiger partial charge in [-0.25, -0.2) is 8.78 Å². The zero-order valence-corrected chi connectivity index (χ0v) is 7.10. The molecule has 0 atom stereocenters. The van der Waals surface area contributed by atoms with Gasteiger partial charge in [0.25, 0.3) is 0 Å². The Labute approximate surface area is 74.7 Å². The van der Waals surface area contributed by atoms with Gasteiger partial charge in [0.2, 0.25) is 0 Å². The number of carbonyl (C=O) groups is 1. The molecule has 0 bridgehead atoms. The zero-order chi connectivity index (χ0) is 10.0. The van der Waals surface area contributed by atoms with Crippen molar-refractivity contribution in [3.05, 3.63) is 47.5 Å². The third-order valence-corrected chi connectivity index (χ3v) is 1.75. The van der Waals surface area contributed by atoms with E-state index in [0.29, 0.717) is 0 Å². The lowest BCUT2D eigenvalue weighted by atomic mass is 10.1. The zero-order valence-electron chi connectivity index (χ0n) is 7.10. The van der Waals surface area contributed by atoms with E-state index in [4.69, 9.17) is 0 Å². The average molecular weight is 182 g/mol. The molecule has 0 aromatic heterocycles. The van der Waals surface area contributed by atoms with Crippen LogP contribution in [-0.2, 0) is 0 Å². The number of halogens is 2. The minimum Gasteiger partial charge on any atom is -0.289 e. The van der Waals surface area contributed by atoms with Crippen LogP contribution in [0.25, 0.3) is 0 Å². The van der Waals surface area contributed by atoms with E-state index in [-0.39, 0.29) is 11.1 Å². The van der Waals surface area contributed by atoms with E-state index in [1.165, 1.54) is 6.92 Å². The summed E-state index contributed by atoms with van der Waals surface area (Å²) in [7, 11) is 0. The molecule has 68 valence electrons. The second kappa shape index (κ2) is 3.47. The molecule has 0 N–H and O–H groups in total. The predicted molar refractivity (Wildman–Crippen MR) is 45.6 cm³/mol. The molecule has 0 fully saturated rings. The molecule has 1 aromatic rings. The van der Waals surface area contributed by atoms with Crippen molar-refractivity contribution < 1.29 is 13.6 Å². The smallest absolute Gasteiger partial charge is 0.185 e. The van der Waals surface area contributed by atoms with E-state index < -0.39 is 17.4 Å². The number of hydrogen-bond acceptors (Lipinski definition) is 1. The predicted octanol–water partition coefficient (Wildman–Crippen LogP) is 2.64. The molecule has 0 amide bonds. The maximum atomic E-state index is 12.9. The first-order valence-electron chi connectivity index (χ1n) is 3.68. The Balaban J connectivity index is 3.28. The van der Waals surface area contributed by atoms with Gasteiger partial charge in [-0.15, -0.1) is 0 Å². The summed E-state index contributed by atoms with van der Waals surface area (Å²) in [6, 6.07) is 2.00. The highest BCUT2D eigenvalue weighted by Crippen LogP contribution is 2.14. The molecule has 1 rings (SSSR count). The highest BCUT2D eigenvalue weighted by Gasteiger charge is 2.09. The lowest BCUT2D eigenvalue weighted by Crippen LogP contribution is -1.98. The van der Waals surface area contributed by atoms with Gasteiger partial charge >= 0.3 is 0 Å². The monoisotopic (exact) mass is 182 g/mol. The second-order valence-corrected chi connectivity index (χ2v) is 2.63. The van der Waals surface area contributed by atoms with Crippen LogP contribution in [0.5, 0.6) is 0 Å². The molecule has 1 aromatic carbocycles. The summed E-state index contributed by atoms with van der Waals surface area (Å²) in [4.78, 5) is 11.0. The third-order valence-electron chi connectivity index (χ3n) is 1.75. The van der Waals surface area contributed by atoms with Gasteiger partial charge in [-0.2, -0.15) is 0 Å². The molecule has 0 aliphatic heterocycles. The van der Waals surface area contributed by atoms with E-state index in [2.05, 4.69) is 6.58 Å². The van der Waals surface area contributed by atoms with Gasteiger partial charge < -0.3 is 0 Å². The summed E-state index contributed by atoms with van der Waals surface area (Å²) < 4.78 is 25.8. The SMILES string of the molecule is C=CC(=O)c1cc(F)c(C)c(F)c1. The first-order valence-corrected chi connectivity index (χ1v) is 3.68. The molecule has 0 aliphatic rings. The van der Waals surface area contributed by atoms with Gasteiger partial charge in [-0.3, -0.25) is 4.79 Å². The lowest BCUT2D eigenvalue weighted by molar-refractivity contribution is 0.104. The first kappa shape index (κ1) is 9.58. The molecule has 0 aliphatic carbocycles. The molecular formula is C10H8F2O. The largest absolute Gasteiger partial charge is 0.289 e. The molecule has 0 heterocycles. The number of allylic oxidation sites excluding steroid dienone is 1. The summed E-state index contributed by atoms with van der Waals surface area (Å²) in [6.45, 7) is 4.54. The molecular weight excluding hydrogens is 174 g/mol. The molecule has 0 spiro atoms. The van der Waals surface area contributed by atoms with Crippen molar-refractivity contribution in [1.82, 2.24) is 0 Å². The van der Waals surface area contributed by atoms with Gasteiger partial charge in [0.1, 0.15) is 11.6 Å². The van der Waals surface area contributed by atoms with Crippen molar-refractivity contribution in [1.29, 1.82) is 0 Å². The Hall–Kier alpha value is -1.51. The topological polar surface area (TPSA) is 17.1 Å². The fraction of sp³-hybridized carbons (Fsp3) is 0.100. The van der Waals surface area contributed by atoms with Gasteiger partial charge in [0.05, 0.1) is 0 Å². The number of benzene rings is 1. The van der Waals surface area contributed by atoms with Crippen molar-refractivity contribution in [2.24, 2.45) is 0 Å². The molecule has 3 heteroatoms. The van der Waals surface area contributed by atoms with Crippen LogP contribution in [-0.4, -0.2) is 5.78 Å². The summed E-state index contributed by atoms with van der Waals surface area (Å²) in [5, 5.41) is 0. The summed E-state index contributed by atoms with van der Waals surface area (Å²) >= 11 is 0. The van der Waals surface area contributed by atoms with Crippen molar-refractivity contribution in [3.63, 3.8) is 0 Å². The van der Waals surface area contributed by atoms with E-state index in [1.54, 1.807) is 0 Å². The Bertz CT molecular complexity index is 346. The van der Waals surface area contributed by atoms with Gasteiger partial charge in [-0.1, -0.05) is 6.58 Å². The molecule has 0 saturated heterocycles. The lowest BCUT2D eigenvalue weighted by Gasteiger charge is -2.01. The van der Waals surface area contributed by atoms with E-state index >= 15 is 0 Å². The van der Waals surface area contributed by atoms with Crippen molar-refractivity contribution in [2.75, 3.05) is 0 Å². The molecule has 0 saturated carbocycles. The highest BCUT2D eigenvalue weighted by atomic mass is 19.1. The number of carbonyl (C=O) groups excluding carboxylic acids is 1. The van der Waals surface area contributed by atoms with Gasteiger partial charge in [0.15, 0.2) is 5.78 Å². The Morgan fingerprint density at radius 2 is 1.85 bits per heavy atom. The maximum Gasteiger partial charge on any atom is 0.185 e. The van der Waals surface area contributed by atoms with Crippen LogP contribution >= 0.6 is 0 Å². The Kier molecular flexibility index (Phi) is 2.56. The van der Waals surface area contributed by atoms with Crippen LogP contribution < -0.4 is 0 Å². The summed E-state index contributed by atoms with van der Waals surface area (Å²) in [5.41, 5.74) is -0.101. The Morgan fingerprint density at radius 1 is 1.38 bits per heavy atom. The maximum absolute atomic E-state index is 12.9. The molecule has 1 nitrogen and oxygen atoms in total. The number of ketones is 1. The average Bonchev–Trinajstić information content (AvgIpc) is 2.12. The van der Waals surface area contributed by atoms with Gasteiger partial charge in [0, 0.05) is 11.1 Å². The molecule has 13 heavy (non-hydrogen) atoms. The summed E-state index contributed by atoms with van der Waals surface area (Å²) in [5.74, 6) is -1.92. The fourth-order valence-electron chi connectivity index (χ4n) is 0.905. The van der Waals surface area contributed by atoms with Crippen molar-refractivity contribution in [3.8, 4) is 0 Å². The van der Waals surface area contributed by atoms with Crippen LogP contribution in [0.1, 0.15) is 15.9 Å². The Morgan fingerprint density at radius 3 is 2.23 bits per heavy atom. The number of rotatable bonds is 2. The van der Waals surface area contributed by atoms with Crippen LogP contribution in [0.15, 0.2) is 24.8 Å². The van der Waals surface area contributed by atoms with E-state index in [0.717, 1.165) is 18.2 Å². The third kappa shape index (κ3) is 1.80. The van der Waals surface area contributed by atoms with E-state index in [9.17, 15) is 13.6 Å². The molecule has 0 radical (unpaired) electrons. The minimum atomic E-state index is -0.717. The fourth-order valence-corrected chi connectivity index (χ4v) is 0.905. The first-order chi connectivity index (χ1) is 6.06. The highest BCUT2D eigenvalue weighted by molar-refractivity contribution is 6.04. The minimum absolute atomic E-state index is 0.0180. The molecule has 0 unspecified atom stereocenters. The van der Waals surface area contributed by atoms with Crippen molar-refractivity contribution in [2.45, 2.75) is 6.92 Å². The quantitative estimate of drug-likeness (QED) is 0.507. The van der Waals surface area contributed by atoms with Crippen LogP contribution in [0.2, 0.25) is 0 Å².